The molecule has 1 aromatic rings. The zero-order valence-corrected chi connectivity index (χ0v) is 14.5. The van der Waals surface area contributed by atoms with E-state index in [4.69, 9.17) is 21.7 Å². The Morgan fingerprint density at radius 1 is 1.26 bits per heavy atom. The highest BCUT2D eigenvalue weighted by Crippen LogP contribution is 2.26. The average Bonchev–Trinajstić information content (AvgIpc) is 2.55. The van der Waals surface area contributed by atoms with Crippen LogP contribution >= 0.6 is 12.2 Å². The first kappa shape index (κ1) is 17.3. The van der Waals surface area contributed by atoms with Crippen LogP contribution in [0.5, 0.6) is 5.75 Å². The molecule has 0 bridgehead atoms. The molecule has 124 valence electrons. The Morgan fingerprint density at radius 3 is 2.52 bits per heavy atom. The molecule has 0 fully saturated rings. The van der Waals surface area contributed by atoms with Crippen molar-refractivity contribution < 1.29 is 14.3 Å². The summed E-state index contributed by atoms with van der Waals surface area (Å²) in [5, 5.41) is 6.79. The molecule has 5 nitrogen and oxygen atoms in total. The van der Waals surface area contributed by atoms with E-state index < -0.39 is 0 Å². The first-order valence-electron chi connectivity index (χ1n) is 7.73. The summed E-state index contributed by atoms with van der Waals surface area (Å²) in [4.78, 5) is 12.5. The third kappa shape index (κ3) is 4.01. The molecule has 0 spiro atoms. The van der Waals surface area contributed by atoms with Crippen LogP contribution in [0.3, 0.4) is 0 Å². The number of ether oxygens (including phenoxy) is 2. The molecule has 0 saturated carbocycles. The van der Waals surface area contributed by atoms with E-state index in [9.17, 15) is 4.79 Å². The summed E-state index contributed by atoms with van der Waals surface area (Å²) in [6, 6.07) is 7.36. The van der Waals surface area contributed by atoms with E-state index in [0.717, 1.165) is 24.2 Å². The lowest BCUT2D eigenvalue weighted by atomic mass is 9.95. The van der Waals surface area contributed by atoms with Gasteiger partial charge in [-0.05, 0) is 55.4 Å². The minimum atomic E-state index is -0.320. The second-order valence-corrected chi connectivity index (χ2v) is 5.59. The van der Waals surface area contributed by atoms with Gasteiger partial charge in [-0.1, -0.05) is 13.3 Å². The number of esters is 1. The van der Waals surface area contributed by atoms with Gasteiger partial charge in [0.05, 0.1) is 31.0 Å². The molecule has 1 heterocycles. The van der Waals surface area contributed by atoms with Gasteiger partial charge in [0.25, 0.3) is 0 Å². The van der Waals surface area contributed by atoms with Crippen molar-refractivity contribution in [3.8, 4) is 5.75 Å². The Labute approximate surface area is 142 Å². The predicted molar refractivity (Wildman–Crippen MR) is 94.1 cm³/mol. The van der Waals surface area contributed by atoms with Crippen LogP contribution in [0.4, 0.5) is 0 Å². The van der Waals surface area contributed by atoms with Crippen molar-refractivity contribution in [1.82, 2.24) is 10.6 Å². The highest BCUT2D eigenvalue weighted by atomic mass is 32.1. The molecule has 1 atom stereocenters. The van der Waals surface area contributed by atoms with Crippen LogP contribution in [0.25, 0.3) is 5.70 Å². The summed E-state index contributed by atoms with van der Waals surface area (Å²) in [7, 11) is 1.62. The first-order valence-corrected chi connectivity index (χ1v) is 8.14. The minimum absolute atomic E-state index is 0.148. The smallest absolute Gasteiger partial charge is 0.338 e. The van der Waals surface area contributed by atoms with Gasteiger partial charge in [0.1, 0.15) is 5.75 Å². The molecule has 0 radical (unpaired) electrons. The molecule has 1 aliphatic heterocycles. The fourth-order valence-electron chi connectivity index (χ4n) is 2.57. The monoisotopic (exact) mass is 334 g/mol. The van der Waals surface area contributed by atoms with Crippen molar-refractivity contribution >= 4 is 29.0 Å². The Kier molecular flexibility index (Phi) is 5.98. The van der Waals surface area contributed by atoms with Crippen LogP contribution in [0.2, 0.25) is 0 Å². The average molecular weight is 334 g/mol. The number of methoxy groups -OCH3 is 1. The van der Waals surface area contributed by atoms with Gasteiger partial charge in [0.2, 0.25) is 0 Å². The molecule has 6 heteroatoms. The van der Waals surface area contributed by atoms with Crippen molar-refractivity contribution in [3.05, 3.63) is 35.4 Å². The predicted octanol–water partition coefficient (Wildman–Crippen LogP) is 2.62. The van der Waals surface area contributed by atoms with Gasteiger partial charge in [-0.3, -0.25) is 0 Å². The van der Waals surface area contributed by atoms with Gasteiger partial charge >= 0.3 is 5.97 Å². The van der Waals surface area contributed by atoms with Gasteiger partial charge in [-0.2, -0.15) is 0 Å². The Bertz CT molecular complexity index is 611. The van der Waals surface area contributed by atoms with Crippen molar-refractivity contribution in [2.24, 2.45) is 0 Å². The summed E-state index contributed by atoms with van der Waals surface area (Å²) in [6.07, 6.45) is 1.73. The fourth-order valence-corrected chi connectivity index (χ4v) is 2.81. The number of rotatable bonds is 6. The van der Waals surface area contributed by atoms with Gasteiger partial charge in [-0.15, -0.1) is 0 Å². The summed E-state index contributed by atoms with van der Waals surface area (Å²) in [6.45, 7) is 4.21. The fraction of sp³-hybridized carbons (Fsp3) is 0.412. The quantitative estimate of drug-likeness (QED) is 0.616. The standard InChI is InChI=1S/C17H22N2O3S/c1-4-6-13-14(16(20)22-5-2)15(19-17(23)18-13)11-7-9-12(21-3)10-8-11/h7-10,13H,4-6H2,1-3H3,(H2,18,19,23). The zero-order chi connectivity index (χ0) is 16.8. The third-order valence-electron chi connectivity index (χ3n) is 3.61. The summed E-state index contributed by atoms with van der Waals surface area (Å²) < 4.78 is 10.4. The van der Waals surface area contributed by atoms with E-state index in [1.165, 1.54) is 0 Å². The normalized spacial score (nSPS) is 17.3. The lowest BCUT2D eigenvalue weighted by Gasteiger charge is -2.30. The van der Waals surface area contributed by atoms with E-state index in [1.807, 2.05) is 24.3 Å². The van der Waals surface area contributed by atoms with Crippen LogP contribution in [0, 0.1) is 0 Å². The van der Waals surface area contributed by atoms with E-state index in [-0.39, 0.29) is 12.0 Å². The van der Waals surface area contributed by atoms with Crippen LogP contribution < -0.4 is 15.4 Å². The van der Waals surface area contributed by atoms with E-state index in [0.29, 0.717) is 23.0 Å². The second kappa shape index (κ2) is 7.97. The van der Waals surface area contributed by atoms with Crippen molar-refractivity contribution in [3.63, 3.8) is 0 Å². The Morgan fingerprint density at radius 2 is 1.96 bits per heavy atom. The highest BCUT2D eigenvalue weighted by Gasteiger charge is 2.31. The van der Waals surface area contributed by atoms with Crippen LogP contribution in [-0.2, 0) is 9.53 Å². The maximum Gasteiger partial charge on any atom is 0.338 e. The third-order valence-corrected chi connectivity index (χ3v) is 3.83. The van der Waals surface area contributed by atoms with Crippen molar-refractivity contribution in [1.29, 1.82) is 0 Å². The summed E-state index contributed by atoms with van der Waals surface area (Å²) in [5.41, 5.74) is 2.17. The number of benzene rings is 1. The molecule has 1 aliphatic rings. The molecule has 0 amide bonds. The number of carbonyl (C=O) groups excluding carboxylic acids is 1. The number of hydrogen-bond donors (Lipinski definition) is 2. The molecule has 0 saturated heterocycles. The van der Waals surface area contributed by atoms with Crippen molar-refractivity contribution in [2.75, 3.05) is 13.7 Å². The summed E-state index contributed by atoms with van der Waals surface area (Å²) in [5.74, 6) is 0.438. The van der Waals surface area contributed by atoms with Crippen LogP contribution in [0.15, 0.2) is 29.8 Å². The van der Waals surface area contributed by atoms with E-state index in [2.05, 4.69) is 17.6 Å². The SMILES string of the molecule is CCCC1NC(=S)NC(c2ccc(OC)cc2)=C1C(=O)OCC. The first-order chi connectivity index (χ1) is 11.1. The van der Waals surface area contributed by atoms with Gasteiger partial charge in [-0.25, -0.2) is 4.79 Å². The number of carbonyl (C=O) groups is 1. The molecule has 0 aromatic heterocycles. The molecule has 1 unspecified atom stereocenters. The molecule has 0 aliphatic carbocycles. The zero-order valence-electron chi connectivity index (χ0n) is 13.6. The lowest BCUT2D eigenvalue weighted by Crippen LogP contribution is -2.49. The van der Waals surface area contributed by atoms with E-state index in [1.54, 1.807) is 14.0 Å². The lowest BCUT2D eigenvalue weighted by molar-refractivity contribution is -0.138. The minimum Gasteiger partial charge on any atom is -0.497 e. The molecule has 2 rings (SSSR count). The topological polar surface area (TPSA) is 59.6 Å². The number of hydrogen-bond acceptors (Lipinski definition) is 4. The Balaban J connectivity index is 2.50. The molecule has 1 aromatic carbocycles. The van der Waals surface area contributed by atoms with Gasteiger partial charge < -0.3 is 20.1 Å². The Hall–Kier alpha value is -2.08. The molecular weight excluding hydrogens is 312 g/mol. The molecule has 2 N–H and O–H groups in total. The summed E-state index contributed by atoms with van der Waals surface area (Å²) >= 11 is 5.29. The molecule has 23 heavy (non-hydrogen) atoms. The van der Waals surface area contributed by atoms with Gasteiger partial charge in [0, 0.05) is 0 Å². The van der Waals surface area contributed by atoms with Gasteiger partial charge in [0.15, 0.2) is 5.11 Å². The highest BCUT2D eigenvalue weighted by molar-refractivity contribution is 7.80. The largest absolute Gasteiger partial charge is 0.497 e. The number of nitrogens with one attached hydrogen (secondary N) is 2. The number of thiocarbonyl (C=S) groups is 1. The second-order valence-electron chi connectivity index (χ2n) is 5.18. The van der Waals surface area contributed by atoms with Crippen LogP contribution in [-0.4, -0.2) is 30.8 Å². The van der Waals surface area contributed by atoms with Crippen LogP contribution in [0.1, 0.15) is 32.3 Å². The van der Waals surface area contributed by atoms with Crippen molar-refractivity contribution in [2.45, 2.75) is 32.7 Å². The maximum atomic E-state index is 12.5. The maximum absolute atomic E-state index is 12.5. The van der Waals surface area contributed by atoms with E-state index >= 15 is 0 Å². The molecular formula is C17H22N2O3S.